The van der Waals surface area contributed by atoms with Crippen LogP contribution in [0.4, 0.5) is 5.69 Å². The summed E-state index contributed by atoms with van der Waals surface area (Å²) in [5.41, 5.74) is 3.43. The zero-order valence-corrected chi connectivity index (χ0v) is 14.4. The van der Waals surface area contributed by atoms with E-state index in [-0.39, 0.29) is 12.5 Å². The van der Waals surface area contributed by atoms with E-state index in [0.717, 1.165) is 19.5 Å². The van der Waals surface area contributed by atoms with Crippen LogP contribution >= 0.6 is 0 Å². The summed E-state index contributed by atoms with van der Waals surface area (Å²) < 4.78 is 5.67. The van der Waals surface area contributed by atoms with Crippen LogP contribution in [0.15, 0.2) is 48.5 Å². The molecular weight excluding hydrogens is 316 g/mol. The minimum Gasteiger partial charge on any atom is -0.491 e. The third kappa shape index (κ3) is 5.05. The molecule has 0 bridgehead atoms. The van der Waals surface area contributed by atoms with Crippen molar-refractivity contribution in [3.63, 3.8) is 0 Å². The number of aliphatic hydroxyl groups excluding tert-OH is 1. The highest BCUT2D eigenvalue weighted by atomic mass is 16.5. The molecule has 0 saturated carbocycles. The van der Waals surface area contributed by atoms with Gasteiger partial charge >= 0.3 is 0 Å². The first kappa shape index (κ1) is 17.5. The normalized spacial score (nSPS) is 15.3. The summed E-state index contributed by atoms with van der Waals surface area (Å²) in [6.07, 6.45) is 0.456. The molecule has 1 aliphatic heterocycles. The van der Waals surface area contributed by atoms with E-state index in [2.05, 4.69) is 34.5 Å². The van der Waals surface area contributed by atoms with Crippen LogP contribution in [0.5, 0.6) is 5.75 Å². The average molecular weight is 340 g/mol. The Morgan fingerprint density at radius 3 is 2.84 bits per heavy atom. The maximum Gasteiger partial charge on any atom is 0.221 e. The molecule has 0 saturated heterocycles. The Balaban J connectivity index is 1.49. The van der Waals surface area contributed by atoms with Crippen molar-refractivity contribution in [2.24, 2.45) is 0 Å². The van der Waals surface area contributed by atoms with E-state index in [1.807, 2.05) is 12.1 Å². The van der Waals surface area contributed by atoms with Gasteiger partial charge in [0.15, 0.2) is 0 Å². The number of anilines is 1. The van der Waals surface area contributed by atoms with E-state index in [1.165, 1.54) is 18.1 Å². The predicted molar refractivity (Wildman–Crippen MR) is 97.7 cm³/mol. The first-order chi connectivity index (χ1) is 12.1. The van der Waals surface area contributed by atoms with E-state index < -0.39 is 6.10 Å². The molecule has 1 aliphatic rings. The van der Waals surface area contributed by atoms with Crippen molar-refractivity contribution in [3.8, 4) is 5.75 Å². The van der Waals surface area contributed by atoms with E-state index in [1.54, 1.807) is 12.1 Å². The monoisotopic (exact) mass is 340 g/mol. The van der Waals surface area contributed by atoms with Crippen molar-refractivity contribution >= 4 is 11.6 Å². The van der Waals surface area contributed by atoms with Crippen molar-refractivity contribution in [3.05, 3.63) is 59.7 Å². The van der Waals surface area contributed by atoms with Gasteiger partial charge in [-0.05, 0) is 29.7 Å². The van der Waals surface area contributed by atoms with Crippen molar-refractivity contribution < 1.29 is 14.6 Å². The first-order valence-electron chi connectivity index (χ1n) is 8.58. The Hall–Kier alpha value is -2.37. The number of hydrogen-bond donors (Lipinski definition) is 2. The van der Waals surface area contributed by atoms with Crippen LogP contribution in [0, 0.1) is 0 Å². The second-order valence-electron chi connectivity index (χ2n) is 6.43. The largest absolute Gasteiger partial charge is 0.491 e. The number of nitrogens with one attached hydrogen (secondary N) is 1. The third-order valence-electron chi connectivity index (χ3n) is 4.28. The molecule has 5 heteroatoms. The molecule has 2 aromatic rings. The van der Waals surface area contributed by atoms with E-state index in [0.29, 0.717) is 18.0 Å². The van der Waals surface area contributed by atoms with Gasteiger partial charge in [-0.3, -0.25) is 9.69 Å². The number of aliphatic hydroxyl groups is 1. The zero-order valence-electron chi connectivity index (χ0n) is 14.4. The van der Waals surface area contributed by atoms with Gasteiger partial charge in [0.25, 0.3) is 0 Å². The fraction of sp³-hybridized carbons (Fsp3) is 0.350. The lowest BCUT2D eigenvalue weighted by Gasteiger charge is -2.30. The minimum absolute atomic E-state index is 0.123. The highest BCUT2D eigenvalue weighted by molar-refractivity contribution is 5.88. The second kappa shape index (κ2) is 8.14. The molecule has 5 nitrogen and oxygen atoms in total. The molecule has 0 aliphatic carbocycles. The van der Waals surface area contributed by atoms with Gasteiger partial charge in [0, 0.05) is 38.3 Å². The molecule has 1 atom stereocenters. The summed E-state index contributed by atoms with van der Waals surface area (Å²) in [5, 5.41) is 13.0. The zero-order chi connectivity index (χ0) is 17.6. The number of nitrogens with zero attached hydrogens (tertiary/aromatic N) is 1. The maximum atomic E-state index is 11.1. The van der Waals surface area contributed by atoms with Crippen molar-refractivity contribution in [2.75, 3.05) is 25.0 Å². The Bertz CT molecular complexity index is 732. The molecule has 0 unspecified atom stereocenters. The lowest BCUT2D eigenvalue weighted by atomic mass is 10.00. The summed E-state index contributed by atoms with van der Waals surface area (Å²) in [6.45, 7) is 4.09. The summed E-state index contributed by atoms with van der Waals surface area (Å²) >= 11 is 0. The predicted octanol–water partition coefficient (Wildman–Crippen LogP) is 2.44. The average Bonchev–Trinajstić information content (AvgIpc) is 2.60. The van der Waals surface area contributed by atoms with Gasteiger partial charge in [-0.15, -0.1) is 0 Å². The van der Waals surface area contributed by atoms with Crippen LogP contribution in [0.25, 0.3) is 0 Å². The standard InChI is InChI=1S/C20H24N2O3/c1-15(23)21-18-7-4-8-20(11-18)25-14-19(24)13-22-10-9-16-5-2-3-6-17(16)12-22/h2-8,11,19,24H,9-10,12-14H2,1H3,(H,21,23)/t19-/m1/s1. The SMILES string of the molecule is CC(=O)Nc1cccc(OC[C@H](O)CN2CCc3ccccc3C2)c1. The molecule has 0 fully saturated rings. The number of carbonyl (C=O) groups excluding carboxylic acids is 1. The van der Waals surface area contributed by atoms with Crippen LogP contribution in [0.1, 0.15) is 18.1 Å². The van der Waals surface area contributed by atoms with Crippen LogP contribution < -0.4 is 10.1 Å². The van der Waals surface area contributed by atoms with Gasteiger partial charge in [0.05, 0.1) is 0 Å². The summed E-state index contributed by atoms with van der Waals surface area (Å²) in [7, 11) is 0. The molecular formula is C20H24N2O3. The molecule has 2 aromatic carbocycles. The van der Waals surface area contributed by atoms with Gasteiger partial charge in [-0.25, -0.2) is 0 Å². The molecule has 0 spiro atoms. The molecule has 3 rings (SSSR count). The Kier molecular flexibility index (Phi) is 5.68. The topological polar surface area (TPSA) is 61.8 Å². The minimum atomic E-state index is -0.560. The van der Waals surface area contributed by atoms with E-state index >= 15 is 0 Å². The number of benzene rings is 2. The van der Waals surface area contributed by atoms with Crippen LogP contribution in [-0.2, 0) is 17.8 Å². The number of carbonyl (C=O) groups is 1. The van der Waals surface area contributed by atoms with E-state index in [4.69, 9.17) is 4.74 Å². The lowest BCUT2D eigenvalue weighted by molar-refractivity contribution is -0.114. The fourth-order valence-corrected chi connectivity index (χ4v) is 3.12. The summed E-state index contributed by atoms with van der Waals surface area (Å²) in [6, 6.07) is 15.6. The molecule has 2 N–H and O–H groups in total. The van der Waals surface area contributed by atoms with Gasteiger partial charge in [0.1, 0.15) is 18.5 Å². The number of rotatable bonds is 6. The van der Waals surface area contributed by atoms with Crippen LogP contribution in [-0.4, -0.2) is 41.7 Å². The second-order valence-corrected chi connectivity index (χ2v) is 6.43. The molecule has 0 radical (unpaired) electrons. The molecule has 0 aromatic heterocycles. The van der Waals surface area contributed by atoms with Crippen LogP contribution in [0.3, 0.4) is 0 Å². The highest BCUT2D eigenvalue weighted by Gasteiger charge is 2.18. The summed E-state index contributed by atoms with van der Waals surface area (Å²) in [5.74, 6) is 0.511. The van der Waals surface area contributed by atoms with Crippen molar-refractivity contribution in [1.29, 1.82) is 0 Å². The Labute approximate surface area is 148 Å². The van der Waals surface area contributed by atoms with Gasteiger partial charge in [-0.2, -0.15) is 0 Å². The fourth-order valence-electron chi connectivity index (χ4n) is 3.12. The Morgan fingerprint density at radius 1 is 1.24 bits per heavy atom. The molecule has 1 heterocycles. The molecule has 1 amide bonds. The van der Waals surface area contributed by atoms with Gasteiger partial charge in [0.2, 0.25) is 5.91 Å². The summed E-state index contributed by atoms with van der Waals surface area (Å²) in [4.78, 5) is 13.4. The lowest BCUT2D eigenvalue weighted by Crippen LogP contribution is -2.38. The molecule has 132 valence electrons. The first-order valence-corrected chi connectivity index (χ1v) is 8.58. The van der Waals surface area contributed by atoms with Gasteiger partial charge < -0.3 is 15.2 Å². The number of amides is 1. The number of ether oxygens (including phenoxy) is 1. The smallest absolute Gasteiger partial charge is 0.221 e. The molecule has 25 heavy (non-hydrogen) atoms. The third-order valence-corrected chi connectivity index (χ3v) is 4.28. The maximum absolute atomic E-state index is 11.1. The van der Waals surface area contributed by atoms with Crippen molar-refractivity contribution in [1.82, 2.24) is 4.90 Å². The number of fused-ring (bicyclic) bond motifs is 1. The van der Waals surface area contributed by atoms with Crippen LogP contribution in [0.2, 0.25) is 0 Å². The number of β-amino-alcohol motifs (C(OH)–C–C–N with tert-alkyl or cyclic N) is 1. The Morgan fingerprint density at radius 2 is 2.04 bits per heavy atom. The van der Waals surface area contributed by atoms with E-state index in [9.17, 15) is 9.90 Å². The number of hydrogen-bond acceptors (Lipinski definition) is 4. The van der Waals surface area contributed by atoms with Gasteiger partial charge in [-0.1, -0.05) is 30.3 Å². The highest BCUT2D eigenvalue weighted by Crippen LogP contribution is 2.20. The quantitative estimate of drug-likeness (QED) is 0.848. The van der Waals surface area contributed by atoms with Crippen molar-refractivity contribution in [2.45, 2.75) is 26.0 Å².